The van der Waals surface area contributed by atoms with Crippen LogP contribution in [-0.4, -0.2) is 8.07 Å². The molecule has 76 valence electrons. The van der Waals surface area contributed by atoms with Gasteiger partial charge in [0.15, 0.2) is 0 Å². The van der Waals surface area contributed by atoms with Gasteiger partial charge in [0, 0.05) is 0 Å². The van der Waals surface area contributed by atoms with Gasteiger partial charge in [-0.05, 0) is 0 Å². The molecule has 0 saturated carbocycles. The van der Waals surface area contributed by atoms with E-state index < -0.39 is 8.07 Å². The summed E-state index contributed by atoms with van der Waals surface area (Å²) < 4.78 is 1.34. The third-order valence-corrected chi connectivity index (χ3v) is 9.84. The second kappa shape index (κ2) is 4.62. The Kier molecular flexibility index (Phi) is 4.01. The van der Waals surface area contributed by atoms with E-state index in [1.165, 1.54) is 22.6 Å². The zero-order chi connectivity index (χ0) is 9.90. The first-order chi connectivity index (χ1) is 6.20. The Balaban J connectivity index is 2.99. The number of rotatable bonds is 4. The van der Waals surface area contributed by atoms with Gasteiger partial charge < -0.3 is 0 Å². The van der Waals surface area contributed by atoms with Crippen LogP contribution in [0.4, 0.5) is 0 Å². The van der Waals surface area contributed by atoms with E-state index in [4.69, 9.17) is 0 Å². The van der Waals surface area contributed by atoms with Gasteiger partial charge in [-0.25, -0.2) is 0 Å². The average Bonchev–Trinajstić information content (AvgIpc) is 2.57. The van der Waals surface area contributed by atoms with Crippen LogP contribution in [0.1, 0.15) is 27.2 Å². The third kappa shape index (κ3) is 2.00. The normalized spacial score (nSPS) is 17.3. The standard InChI is InChI=1S/C11H19Si.Co/c1-4-12(5-2,6-3)11-9-7-8-10-11;/h7,9H,4-6,8H2,1-3H3;. The monoisotopic (exact) mass is 238 g/mol. The summed E-state index contributed by atoms with van der Waals surface area (Å²) in [6.45, 7) is 7.04. The van der Waals surface area contributed by atoms with Crippen LogP contribution in [0.15, 0.2) is 21.9 Å². The molecule has 0 fully saturated rings. The van der Waals surface area contributed by atoms with E-state index in [1.54, 1.807) is 5.20 Å². The Labute approximate surface area is 91.1 Å². The maximum atomic E-state index is 4.65. The average molecular weight is 238 g/mol. The van der Waals surface area contributed by atoms with Crippen LogP contribution < -0.4 is 0 Å². The van der Waals surface area contributed by atoms with Crippen LogP contribution in [0.25, 0.3) is 0 Å². The molecule has 1 aliphatic carbocycles. The fourth-order valence-corrected chi connectivity index (χ4v) is 7.05. The van der Waals surface area contributed by atoms with Crippen molar-refractivity contribution in [2.75, 3.05) is 0 Å². The summed E-state index contributed by atoms with van der Waals surface area (Å²) in [7, 11) is -1.13. The predicted molar refractivity (Wildman–Crippen MR) is 58.0 cm³/mol. The Morgan fingerprint density at radius 1 is 1.23 bits per heavy atom. The van der Waals surface area contributed by atoms with Crippen molar-refractivity contribution in [3.63, 3.8) is 0 Å². The zero-order valence-electron chi connectivity index (χ0n) is 8.82. The van der Waals surface area contributed by atoms with E-state index in [9.17, 15) is 0 Å². The van der Waals surface area contributed by atoms with Crippen LogP contribution in [0.5, 0.6) is 0 Å². The van der Waals surface area contributed by atoms with Crippen LogP contribution in [-0.2, 0) is 15.7 Å². The summed E-state index contributed by atoms with van der Waals surface area (Å²) in [6.07, 6.45) is 5.67. The van der Waals surface area contributed by atoms with Crippen molar-refractivity contribution in [3.05, 3.63) is 21.9 Å². The Morgan fingerprint density at radius 2 is 1.77 bits per heavy atom. The Morgan fingerprint density at radius 3 is 2.08 bits per heavy atom. The zero-order valence-corrected chi connectivity index (χ0v) is 10.9. The number of hydrogen-bond donors (Lipinski definition) is 0. The molecule has 0 aromatic rings. The molecule has 0 bridgehead atoms. The Bertz CT molecular complexity index is 228. The molecule has 0 heterocycles. The van der Waals surface area contributed by atoms with Gasteiger partial charge in [-0.2, -0.15) is 0 Å². The topological polar surface area (TPSA) is 0 Å². The van der Waals surface area contributed by atoms with Gasteiger partial charge in [-0.1, -0.05) is 0 Å². The first-order valence-electron chi connectivity index (χ1n) is 5.23. The second-order valence-corrected chi connectivity index (χ2v) is 9.59. The molecule has 0 atom stereocenters. The molecule has 0 nitrogen and oxygen atoms in total. The van der Waals surface area contributed by atoms with Crippen molar-refractivity contribution in [2.45, 2.75) is 45.3 Å². The van der Waals surface area contributed by atoms with Crippen LogP contribution >= 0.6 is 0 Å². The Hall–Kier alpha value is 0.203. The van der Waals surface area contributed by atoms with E-state index in [-0.39, 0.29) is 0 Å². The summed E-state index contributed by atoms with van der Waals surface area (Å²) in [5, 5.41) is 1.63. The molecule has 1 rings (SSSR count). The molecular formula is C11H19CoSi. The minimum absolute atomic E-state index is 1.07. The molecular weight excluding hydrogens is 219 g/mol. The molecule has 0 amide bonds. The van der Waals surface area contributed by atoms with Crippen molar-refractivity contribution in [2.24, 2.45) is 0 Å². The number of hydrogen-bond acceptors (Lipinski definition) is 0. The van der Waals surface area contributed by atoms with Gasteiger partial charge in [0.2, 0.25) is 0 Å². The van der Waals surface area contributed by atoms with Crippen LogP contribution in [0.3, 0.4) is 0 Å². The number of allylic oxidation sites excluding steroid dienone is 4. The first-order valence-corrected chi connectivity index (χ1v) is 8.37. The molecule has 0 aromatic carbocycles. The minimum atomic E-state index is -1.13. The fraction of sp³-hybridized carbons (Fsp3) is 0.636. The van der Waals surface area contributed by atoms with E-state index in [0.717, 1.165) is 6.42 Å². The van der Waals surface area contributed by atoms with Gasteiger partial charge in [0.05, 0.1) is 0 Å². The van der Waals surface area contributed by atoms with Gasteiger partial charge in [0.1, 0.15) is 0 Å². The molecule has 1 aliphatic rings. The molecule has 0 spiro atoms. The maximum absolute atomic E-state index is 4.65. The third-order valence-electron chi connectivity index (χ3n) is 3.45. The van der Waals surface area contributed by atoms with Gasteiger partial charge in [0.25, 0.3) is 0 Å². The summed E-state index contributed by atoms with van der Waals surface area (Å²) in [5.74, 6) is 0. The van der Waals surface area contributed by atoms with E-state index in [0.29, 0.717) is 0 Å². The molecule has 0 unspecified atom stereocenters. The van der Waals surface area contributed by atoms with Crippen LogP contribution in [0, 0.1) is 0 Å². The quantitative estimate of drug-likeness (QED) is 0.654. The second-order valence-electron chi connectivity index (χ2n) is 3.74. The summed E-state index contributed by atoms with van der Waals surface area (Å²) >= 11 is 4.65. The van der Waals surface area contributed by atoms with Crippen molar-refractivity contribution in [3.8, 4) is 0 Å². The van der Waals surface area contributed by atoms with Crippen LogP contribution in [0.2, 0.25) is 18.1 Å². The van der Waals surface area contributed by atoms with E-state index >= 15 is 0 Å². The SMILES string of the molecule is CC[Si](CC)(CC)C1=[C]([Co])CC=C1. The molecule has 13 heavy (non-hydrogen) atoms. The van der Waals surface area contributed by atoms with Crippen molar-refractivity contribution in [1.82, 2.24) is 0 Å². The van der Waals surface area contributed by atoms with Gasteiger partial charge in [-0.15, -0.1) is 0 Å². The summed E-state index contributed by atoms with van der Waals surface area (Å²) in [4.78, 5) is 0. The molecule has 0 saturated heterocycles. The van der Waals surface area contributed by atoms with E-state index in [1.807, 2.05) is 0 Å². The van der Waals surface area contributed by atoms with Gasteiger partial charge >= 0.3 is 91.0 Å². The molecule has 0 radical (unpaired) electrons. The van der Waals surface area contributed by atoms with Crippen molar-refractivity contribution < 1.29 is 15.7 Å². The predicted octanol–water partition coefficient (Wildman–Crippen LogP) is 3.79. The fourth-order valence-electron chi connectivity index (χ4n) is 2.25. The molecule has 0 aliphatic heterocycles. The molecule has 0 N–H and O–H groups in total. The molecule has 0 aromatic heterocycles. The summed E-state index contributed by atoms with van der Waals surface area (Å²) in [5.41, 5.74) is 0. The molecule has 2 heteroatoms. The van der Waals surface area contributed by atoms with Gasteiger partial charge in [-0.3, -0.25) is 0 Å². The van der Waals surface area contributed by atoms with Crippen molar-refractivity contribution in [1.29, 1.82) is 0 Å². The van der Waals surface area contributed by atoms with Crippen molar-refractivity contribution >= 4 is 8.07 Å². The first kappa shape index (κ1) is 11.3. The van der Waals surface area contributed by atoms with E-state index in [2.05, 4.69) is 48.7 Å². The summed E-state index contributed by atoms with van der Waals surface area (Å²) in [6, 6.07) is 4.09.